The van der Waals surface area contributed by atoms with Crippen LogP contribution >= 0.6 is 47.8 Å². The van der Waals surface area contributed by atoms with Crippen molar-refractivity contribution in [3.63, 3.8) is 0 Å². The Balaban J connectivity index is 2.86. The molecule has 13 heavy (non-hydrogen) atoms. The summed E-state index contributed by atoms with van der Waals surface area (Å²) in [5.74, 6) is 0. The fourth-order valence-electron chi connectivity index (χ4n) is 1.13. The van der Waals surface area contributed by atoms with Gasteiger partial charge in [0, 0.05) is 13.4 Å². The molecule has 0 aliphatic carbocycles. The fraction of sp³-hybridized carbons (Fsp3) is 0.400. The molecule has 0 bridgehead atoms. The molecule has 3 heteroatoms. The first-order valence-corrected chi connectivity index (χ1v) is 6.66. The van der Waals surface area contributed by atoms with Crippen LogP contribution in [0.1, 0.15) is 25.3 Å². The first-order chi connectivity index (χ1) is 6.15. The smallest absolute Gasteiger partial charge is 0.0459 e. The van der Waals surface area contributed by atoms with Gasteiger partial charge in [-0.1, -0.05) is 13.3 Å². The summed E-state index contributed by atoms with van der Waals surface area (Å²) in [5.41, 5.74) is 1.38. The molecule has 1 aromatic carbocycles. The van der Waals surface area contributed by atoms with Crippen molar-refractivity contribution in [3.8, 4) is 0 Å². The van der Waals surface area contributed by atoms with E-state index in [4.69, 9.17) is 0 Å². The Bertz CT molecular complexity index is 271. The topological polar surface area (TPSA) is 0 Å². The van der Waals surface area contributed by atoms with Crippen molar-refractivity contribution in [3.05, 3.63) is 31.1 Å². The molecule has 0 atom stereocenters. The van der Waals surface area contributed by atoms with Crippen molar-refractivity contribution in [1.29, 1.82) is 0 Å². The van der Waals surface area contributed by atoms with E-state index in [2.05, 4.69) is 66.8 Å². The predicted octanol–water partition coefficient (Wildman–Crippen LogP) is 5.32. The lowest BCUT2D eigenvalue weighted by Gasteiger charge is -2.04. The van der Waals surface area contributed by atoms with Crippen LogP contribution in [-0.4, -0.2) is 0 Å². The van der Waals surface area contributed by atoms with Crippen LogP contribution in [0.3, 0.4) is 0 Å². The Hall–Kier alpha value is 0.660. The van der Waals surface area contributed by atoms with E-state index in [1.807, 2.05) is 0 Å². The molecule has 1 rings (SSSR count). The Labute approximate surface area is 104 Å². The lowest BCUT2D eigenvalue weighted by atomic mass is 10.1. The molecule has 0 N–H and O–H groups in total. The fourth-order valence-corrected chi connectivity index (χ4v) is 2.64. The SMILES string of the molecule is CCCCc1cc(Br)c(Br)c(Br)c1. The number of hydrogen-bond donors (Lipinski definition) is 0. The zero-order valence-corrected chi connectivity index (χ0v) is 12.2. The van der Waals surface area contributed by atoms with Gasteiger partial charge in [-0.3, -0.25) is 0 Å². The molecule has 0 aliphatic heterocycles. The third-order valence-corrected chi connectivity index (χ3v) is 5.03. The van der Waals surface area contributed by atoms with Gasteiger partial charge in [-0.2, -0.15) is 0 Å². The van der Waals surface area contributed by atoms with Gasteiger partial charge >= 0.3 is 0 Å². The molecular formula is C10H11Br3. The van der Waals surface area contributed by atoms with E-state index in [1.165, 1.54) is 18.4 Å². The van der Waals surface area contributed by atoms with Crippen LogP contribution in [0.15, 0.2) is 25.6 Å². The van der Waals surface area contributed by atoms with Crippen LogP contribution in [0.25, 0.3) is 0 Å². The maximum atomic E-state index is 3.51. The van der Waals surface area contributed by atoms with Crippen molar-refractivity contribution < 1.29 is 0 Å². The van der Waals surface area contributed by atoms with E-state index >= 15 is 0 Å². The summed E-state index contributed by atoms with van der Waals surface area (Å²) in [4.78, 5) is 0. The average molecular weight is 371 g/mol. The zero-order valence-electron chi connectivity index (χ0n) is 7.41. The number of aryl methyl sites for hydroxylation is 1. The van der Waals surface area contributed by atoms with Crippen LogP contribution in [-0.2, 0) is 6.42 Å². The quantitative estimate of drug-likeness (QED) is 0.632. The second-order valence-corrected chi connectivity index (χ2v) is 5.48. The number of hydrogen-bond acceptors (Lipinski definition) is 0. The minimum atomic E-state index is 1.09. The summed E-state index contributed by atoms with van der Waals surface area (Å²) < 4.78 is 3.33. The molecule has 72 valence electrons. The highest BCUT2D eigenvalue weighted by atomic mass is 79.9. The zero-order chi connectivity index (χ0) is 9.84. The summed E-state index contributed by atoms with van der Waals surface area (Å²) >= 11 is 10.5. The number of halogens is 3. The van der Waals surface area contributed by atoms with Crippen molar-refractivity contribution in [2.45, 2.75) is 26.2 Å². The Kier molecular flexibility index (Phi) is 4.98. The maximum absolute atomic E-state index is 3.51. The minimum Gasteiger partial charge on any atom is -0.0654 e. The molecule has 0 amide bonds. The van der Waals surface area contributed by atoms with Crippen molar-refractivity contribution in [1.82, 2.24) is 0 Å². The Morgan fingerprint density at radius 2 is 1.62 bits per heavy atom. The van der Waals surface area contributed by atoms with E-state index < -0.39 is 0 Å². The van der Waals surface area contributed by atoms with E-state index in [9.17, 15) is 0 Å². The second kappa shape index (κ2) is 5.52. The molecule has 0 saturated heterocycles. The van der Waals surface area contributed by atoms with Gasteiger partial charge in [-0.05, 0) is 78.3 Å². The molecule has 0 radical (unpaired) electrons. The van der Waals surface area contributed by atoms with E-state index in [-0.39, 0.29) is 0 Å². The lowest BCUT2D eigenvalue weighted by Crippen LogP contribution is -1.86. The van der Waals surface area contributed by atoms with Crippen molar-refractivity contribution in [2.24, 2.45) is 0 Å². The molecule has 0 spiro atoms. The van der Waals surface area contributed by atoms with Gasteiger partial charge in [0.05, 0.1) is 0 Å². The van der Waals surface area contributed by atoms with E-state index in [0.717, 1.165) is 19.8 Å². The van der Waals surface area contributed by atoms with E-state index in [1.54, 1.807) is 0 Å². The van der Waals surface area contributed by atoms with Crippen LogP contribution in [0.5, 0.6) is 0 Å². The van der Waals surface area contributed by atoms with Gasteiger partial charge in [0.2, 0.25) is 0 Å². The summed E-state index contributed by atoms with van der Waals surface area (Å²) in [6, 6.07) is 4.34. The molecular weight excluding hydrogens is 360 g/mol. The molecule has 0 saturated carbocycles. The third-order valence-electron chi connectivity index (χ3n) is 1.86. The van der Waals surface area contributed by atoms with Gasteiger partial charge < -0.3 is 0 Å². The van der Waals surface area contributed by atoms with Crippen LogP contribution in [0.4, 0.5) is 0 Å². The van der Waals surface area contributed by atoms with Crippen LogP contribution in [0.2, 0.25) is 0 Å². The Morgan fingerprint density at radius 1 is 1.08 bits per heavy atom. The van der Waals surface area contributed by atoms with Gasteiger partial charge in [-0.15, -0.1) is 0 Å². The first kappa shape index (κ1) is 11.7. The van der Waals surface area contributed by atoms with Crippen LogP contribution < -0.4 is 0 Å². The molecule has 0 fully saturated rings. The van der Waals surface area contributed by atoms with Crippen molar-refractivity contribution >= 4 is 47.8 Å². The highest BCUT2D eigenvalue weighted by molar-refractivity contribution is 9.14. The normalized spacial score (nSPS) is 10.5. The predicted molar refractivity (Wildman–Crippen MR) is 68.2 cm³/mol. The standard InChI is InChI=1S/C10H11Br3/c1-2-3-4-7-5-8(11)10(13)9(12)6-7/h5-6H,2-4H2,1H3. The molecule has 0 aromatic heterocycles. The average Bonchev–Trinajstić information content (AvgIpc) is 2.10. The maximum Gasteiger partial charge on any atom is 0.0459 e. The number of rotatable bonds is 3. The summed E-state index contributed by atoms with van der Waals surface area (Å²) in [6.45, 7) is 2.21. The lowest BCUT2D eigenvalue weighted by molar-refractivity contribution is 0.794. The third kappa shape index (κ3) is 3.37. The van der Waals surface area contributed by atoms with Gasteiger partial charge in [0.1, 0.15) is 0 Å². The molecule has 0 nitrogen and oxygen atoms in total. The van der Waals surface area contributed by atoms with Gasteiger partial charge in [-0.25, -0.2) is 0 Å². The highest BCUT2D eigenvalue weighted by Crippen LogP contribution is 2.32. The summed E-state index contributed by atoms with van der Waals surface area (Å²) in [7, 11) is 0. The Morgan fingerprint density at radius 3 is 2.08 bits per heavy atom. The molecule has 0 unspecified atom stereocenters. The van der Waals surface area contributed by atoms with Gasteiger partial charge in [0.25, 0.3) is 0 Å². The van der Waals surface area contributed by atoms with E-state index in [0.29, 0.717) is 0 Å². The minimum absolute atomic E-state index is 1.09. The second-order valence-electron chi connectivity index (χ2n) is 2.98. The monoisotopic (exact) mass is 368 g/mol. The largest absolute Gasteiger partial charge is 0.0654 e. The molecule has 0 heterocycles. The molecule has 0 aliphatic rings. The summed E-state index contributed by atoms with van der Waals surface area (Å²) in [5, 5.41) is 0. The number of unbranched alkanes of at least 4 members (excludes halogenated alkanes) is 1. The van der Waals surface area contributed by atoms with Crippen LogP contribution in [0, 0.1) is 0 Å². The van der Waals surface area contributed by atoms with Crippen molar-refractivity contribution in [2.75, 3.05) is 0 Å². The highest BCUT2D eigenvalue weighted by Gasteiger charge is 2.03. The first-order valence-electron chi connectivity index (χ1n) is 4.28. The van der Waals surface area contributed by atoms with Gasteiger partial charge in [0.15, 0.2) is 0 Å². The molecule has 1 aromatic rings. The summed E-state index contributed by atoms with van der Waals surface area (Å²) in [6.07, 6.45) is 3.65. The number of benzene rings is 1.